The van der Waals surface area contributed by atoms with Gasteiger partial charge in [0, 0.05) is 6.61 Å². The number of hydrogen-bond acceptors (Lipinski definition) is 5. The van der Waals surface area contributed by atoms with Crippen LogP contribution in [-0.4, -0.2) is 16.7 Å². The van der Waals surface area contributed by atoms with Crippen LogP contribution in [0, 0.1) is 0 Å². The van der Waals surface area contributed by atoms with Gasteiger partial charge in [0.1, 0.15) is 5.60 Å². The first-order chi connectivity index (χ1) is 8.72. The van der Waals surface area contributed by atoms with Crippen molar-refractivity contribution < 1.29 is 9.26 Å². The molecule has 0 radical (unpaired) electrons. The number of hydrogen-bond donors (Lipinski definition) is 1. The van der Waals surface area contributed by atoms with Gasteiger partial charge in [-0.05, 0) is 39.0 Å². The van der Waals surface area contributed by atoms with Crippen LogP contribution in [0.25, 0.3) is 0 Å². The SMILES string of the molecule is C=CCC(N)c1nc(C2(OCC)CCCC2)no1. The molecule has 0 aliphatic heterocycles. The molecule has 1 fully saturated rings. The summed E-state index contributed by atoms with van der Waals surface area (Å²) in [4.78, 5) is 4.43. The minimum Gasteiger partial charge on any atom is -0.367 e. The van der Waals surface area contributed by atoms with E-state index in [-0.39, 0.29) is 11.6 Å². The zero-order valence-electron chi connectivity index (χ0n) is 10.9. The van der Waals surface area contributed by atoms with Crippen LogP contribution in [0.4, 0.5) is 0 Å². The fourth-order valence-corrected chi connectivity index (χ4v) is 2.51. The van der Waals surface area contributed by atoms with Crippen molar-refractivity contribution in [1.29, 1.82) is 0 Å². The lowest BCUT2D eigenvalue weighted by Gasteiger charge is -2.24. The first-order valence-electron chi connectivity index (χ1n) is 6.56. The monoisotopic (exact) mass is 251 g/mol. The molecule has 5 nitrogen and oxygen atoms in total. The molecule has 1 saturated carbocycles. The Morgan fingerprint density at radius 1 is 1.56 bits per heavy atom. The lowest BCUT2D eigenvalue weighted by molar-refractivity contribution is -0.0469. The Bertz CT molecular complexity index is 397. The molecule has 0 amide bonds. The van der Waals surface area contributed by atoms with Crippen LogP contribution in [-0.2, 0) is 10.3 Å². The lowest BCUT2D eigenvalue weighted by atomic mass is 10.0. The molecule has 2 N–H and O–H groups in total. The van der Waals surface area contributed by atoms with Crippen molar-refractivity contribution in [2.75, 3.05) is 6.61 Å². The van der Waals surface area contributed by atoms with E-state index < -0.39 is 0 Å². The van der Waals surface area contributed by atoms with Crippen molar-refractivity contribution in [3.8, 4) is 0 Å². The minimum atomic E-state index is -0.357. The molecule has 1 aromatic rings. The van der Waals surface area contributed by atoms with E-state index in [0.29, 0.717) is 24.7 Å². The summed E-state index contributed by atoms with van der Waals surface area (Å²) >= 11 is 0. The van der Waals surface area contributed by atoms with E-state index in [1.54, 1.807) is 6.08 Å². The molecule has 2 rings (SSSR count). The highest BCUT2D eigenvalue weighted by Crippen LogP contribution is 2.40. The highest BCUT2D eigenvalue weighted by atomic mass is 16.5. The third kappa shape index (κ3) is 2.47. The predicted molar refractivity (Wildman–Crippen MR) is 67.8 cm³/mol. The highest BCUT2D eigenvalue weighted by Gasteiger charge is 2.41. The summed E-state index contributed by atoms with van der Waals surface area (Å²) in [5, 5.41) is 4.07. The molecular weight excluding hydrogens is 230 g/mol. The third-order valence-corrected chi connectivity index (χ3v) is 3.42. The Hall–Kier alpha value is -1.20. The van der Waals surface area contributed by atoms with Gasteiger partial charge in [0.25, 0.3) is 0 Å². The molecule has 1 aliphatic rings. The van der Waals surface area contributed by atoms with Crippen LogP contribution in [0.3, 0.4) is 0 Å². The van der Waals surface area contributed by atoms with Crippen LogP contribution in [0.5, 0.6) is 0 Å². The van der Waals surface area contributed by atoms with E-state index in [1.165, 1.54) is 0 Å². The van der Waals surface area contributed by atoms with Crippen LogP contribution in [0.15, 0.2) is 17.2 Å². The van der Waals surface area contributed by atoms with E-state index in [9.17, 15) is 0 Å². The first kappa shape index (κ1) is 13.2. The van der Waals surface area contributed by atoms with Gasteiger partial charge in [-0.1, -0.05) is 11.2 Å². The normalized spacial score (nSPS) is 19.9. The maximum Gasteiger partial charge on any atom is 0.243 e. The molecule has 100 valence electrons. The Labute approximate surface area is 107 Å². The maximum absolute atomic E-state index is 5.93. The van der Waals surface area contributed by atoms with E-state index >= 15 is 0 Å². The van der Waals surface area contributed by atoms with Crippen molar-refractivity contribution in [2.45, 2.75) is 50.7 Å². The third-order valence-electron chi connectivity index (χ3n) is 3.42. The second-order valence-electron chi connectivity index (χ2n) is 4.72. The van der Waals surface area contributed by atoms with Gasteiger partial charge in [0.2, 0.25) is 11.7 Å². The standard InChI is InChI=1S/C13H21N3O2/c1-3-7-10(14)11-15-12(16-18-11)13(17-4-2)8-5-6-9-13/h3,10H,1,4-9,14H2,2H3. The second-order valence-corrected chi connectivity index (χ2v) is 4.72. The molecule has 1 aliphatic carbocycles. The van der Waals surface area contributed by atoms with Crippen molar-refractivity contribution in [3.63, 3.8) is 0 Å². The summed E-state index contributed by atoms with van der Waals surface area (Å²) in [6, 6.07) is -0.274. The van der Waals surface area contributed by atoms with Gasteiger partial charge in [0.15, 0.2) is 0 Å². The van der Waals surface area contributed by atoms with Gasteiger partial charge in [-0.2, -0.15) is 4.98 Å². The van der Waals surface area contributed by atoms with Gasteiger partial charge in [-0.25, -0.2) is 0 Å². The summed E-state index contributed by atoms with van der Waals surface area (Å²) < 4.78 is 11.1. The fraction of sp³-hybridized carbons (Fsp3) is 0.692. The molecule has 0 saturated heterocycles. The average Bonchev–Trinajstić information content (AvgIpc) is 2.98. The van der Waals surface area contributed by atoms with Crippen LogP contribution < -0.4 is 5.73 Å². The van der Waals surface area contributed by atoms with E-state index in [0.717, 1.165) is 25.7 Å². The molecular formula is C13H21N3O2. The van der Waals surface area contributed by atoms with Gasteiger partial charge >= 0.3 is 0 Å². The molecule has 1 atom stereocenters. The smallest absolute Gasteiger partial charge is 0.243 e. The fourth-order valence-electron chi connectivity index (χ4n) is 2.51. The zero-order valence-corrected chi connectivity index (χ0v) is 10.9. The second kappa shape index (κ2) is 5.63. The lowest BCUT2D eigenvalue weighted by Crippen LogP contribution is -2.27. The summed E-state index contributed by atoms with van der Waals surface area (Å²) in [5.41, 5.74) is 5.57. The van der Waals surface area contributed by atoms with Crippen LogP contribution in [0.2, 0.25) is 0 Å². The molecule has 18 heavy (non-hydrogen) atoms. The number of rotatable bonds is 6. The van der Waals surface area contributed by atoms with Gasteiger partial charge in [-0.15, -0.1) is 6.58 Å². The first-order valence-corrected chi connectivity index (χ1v) is 6.56. The Kier molecular flexibility index (Phi) is 4.14. The molecule has 1 unspecified atom stereocenters. The molecule has 0 spiro atoms. The highest BCUT2D eigenvalue weighted by molar-refractivity contribution is 5.06. The van der Waals surface area contributed by atoms with Crippen molar-refractivity contribution >= 4 is 0 Å². The largest absolute Gasteiger partial charge is 0.367 e. The summed E-state index contributed by atoms with van der Waals surface area (Å²) in [7, 11) is 0. The Balaban J connectivity index is 2.19. The number of nitrogens with zero attached hydrogens (tertiary/aromatic N) is 2. The van der Waals surface area contributed by atoms with E-state index in [4.69, 9.17) is 15.0 Å². The van der Waals surface area contributed by atoms with Crippen molar-refractivity contribution in [1.82, 2.24) is 10.1 Å². The van der Waals surface area contributed by atoms with E-state index in [1.807, 2.05) is 6.92 Å². The van der Waals surface area contributed by atoms with Crippen LogP contribution in [0.1, 0.15) is 56.8 Å². The summed E-state index contributed by atoms with van der Waals surface area (Å²) in [6.45, 7) is 6.30. The molecule has 0 bridgehead atoms. The Morgan fingerprint density at radius 2 is 2.28 bits per heavy atom. The molecule has 0 aromatic carbocycles. The molecule has 1 heterocycles. The number of ether oxygens (including phenoxy) is 1. The van der Waals surface area contributed by atoms with Gasteiger partial charge in [-0.3, -0.25) is 0 Å². The predicted octanol–water partition coefficient (Wildman–Crippen LogP) is 2.45. The topological polar surface area (TPSA) is 74.2 Å². The number of nitrogens with two attached hydrogens (primary N) is 1. The molecule has 5 heteroatoms. The summed E-state index contributed by atoms with van der Waals surface area (Å²) in [6.07, 6.45) is 6.57. The maximum atomic E-state index is 5.93. The number of aromatic nitrogens is 2. The van der Waals surface area contributed by atoms with Crippen LogP contribution >= 0.6 is 0 Å². The quantitative estimate of drug-likeness (QED) is 0.786. The zero-order chi connectivity index (χ0) is 13.0. The Morgan fingerprint density at radius 3 is 2.89 bits per heavy atom. The van der Waals surface area contributed by atoms with Gasteiger partial charge in [0.05, 0.1) is 6.04 Å². The molecule has 1 aromatic heterocycles. The minimum absolute atomic E-state index is 0.274. The average molecular weight is 251 g/mol. The van der Waals surface area contributed by atoms with Crippen molar-refractivity contribution in [2.24, 2.45) is 5.73 Å². The van der Waals surface area contributed by atoms with Crippen molar-refractivity contribution in [3.05, 3.63) is 24.4 Å². The van der Waals surface area contributed by atoms with Gasteiger partial charge < -0.3 is 15.0 Å². The van der Waals surface area contributed by atoms with E-state index in [2.05, 4.69) is 16.7 Å². The summed E-state index contributed by atoms with van der Waals surface area (Å²) in [5.74, 6) is 1.12.